The Balaban J connectivity index is 2.46. The van der Waals surface area contributed by atoms with Gasteiger partial charge in [-0.05, 0) is 43.5 Å². The third kappa shape index (κ3) is 2.79. The first kappa shape index (κ1) is 14.4. The Morgan fingerprint density at radius 2 is 1.85 bits per heavy atom. The summed E-state index contributed by atoms with van der Waals surface area (Å²) in [6.45, 7) is 5.95. The summed E-state index contributed by atoms with van der Waals surface area (Å²) in [5, 5.41) is 0. The second kappa shape index (κ2) is 5.98. The smallest absolute Gasteiger partial charge is 0.122 e. The van der Waals surface area contributed by atoms with Gasteiger partial charge < -0.3 is 4.74 Å². The molecule has 0 radical (unpaired) electrons. The van der Waals surface area contributed by atoms with Gasteiger partial charge in [0.15, 0.2) is 0 Å². The van der Waals surface area contributed by atoms with Crippen LogP contribution in [0.25, 0.3) is 0 Å². The maximum absolute atomic E-state index is 5.72. The Morgan fingerprint density at radius 3 is 2.40 bits per heavy atom. The van der Waals surface area contributed by atoms with Gasteiger partial charge in [-0.15, -0.1) is 0 Å². The molecule has 0 aliphatic heterocycles. The first-order chi connectivity index (χ1) is 9.56. The van der Waals surface area contributed by atoms with Crippen molar-refractivity contribution in [3.8, 4) is 5.75 Å². The predicted molar refractivity (Wildman–Crippen MR) is 78.4 cm³/mol. The molecule has 0 aliphatic rings. The van der Waals surface area contributed by atoms with Crippen LogP contribution in [-0.4, -0.2) is 17.1 Å². The number of nitrogens with two attached hydrogens (primary N) is 1. The van der Waals surface area contributed by atoms with Gasteiger partial charge in [-0.1, -0.05) is 6.07 Å². The second-order valence-corrected chi connectivity index (χ2v) is 4.86. The minimum absolute atomic E-state index is 0.187. The molecule has 0 amide bonds. The Kier molecular flexibility index (Phi) is 4.32. The molecule has 1 heterocycles. The molecule has 0 saturated carbocycles. The largest absolute Gasteiger partial charge is 0.496 e. The van der Waals surface area contributed by atoms with Gasteiger partial charge in [0, 0.05) is 6.20 Å². The quantitative estimate of drug-likeness (QED) is 0.657. The molecule has 0 bridgehead atoms. The predicted octanol–water partition coefficient (Wildman–Crippen LogP) is 1.96. The van der Waals surface area contributed by atoms with Crippen molar-refractivity contribution in [1.29, 1.82) is 0 Å². The Morgan fingerprint density at radius 1 is 1.10 bits per heavy atom. The van der Waals surface area contributed by atoms with E-state index in [0.717, 1.165) is 33.8 Å². The van der Waals surface area contributed by atoms with Crippen molar-refractivity contribution in [3.05, 3.63) is 52.6 Å². The molecule has 106 valence electrons. The third-order valence-corrected chi connectivity index (χ3v) is 3.36. The highest BCUT2D eigenvalue weighted by atomic mass is 16.5. The zero-order valence-electron chi connectivity index (χ0n) is 12.3. The lowest BCUT2D eigenvalue weighted by Gasteiger charge is -2.19. The monoisotopic (exact) mass is 272 g/mol. The first-order valence-corrected chi connectivity index (χ1v) is 6.46. The SMILES string of the molecule is COc1cc(C)c(C(NN)c2cnc(C)cn2)cc1C. The van der Waals surface area contributed by atoms with E-state index < -0.39 is 0 Å². The minimum Gasteiger partial charge on any atom is -0.496 e. The normalized spacial score (nSPS) is 12.2. The summed E-state index contributed by atoms with van der Waals surface area (Å²) in [5.74, 6) is 6.59. The molecule has 0 saturated heterocycles. The molecular weight excluding hydrogens is 252 g/mol. The summed E-state index contributed by atoms with van der Waals surface area (Å²) in [4.78, 5) is 8.68. The van der Waals surface area contributed by atoms with E-state index >= 15 is 0 Å². The van der Waals surface area contributed by atoms with Crippen molar-refractivity contribution in [1.82, 2.24) is 15.4 Å². The fraction of sp³-hybridized carbons (Fsp3) is 0.333. The van der Waals surface area contributed by atoms with E-state index in [0.29, 0.717) is 0 Å². The number of rotatable bonds is 4. The number of hydrogen-bond donors (Lipinski definition) is 2. The van der Waals surface area contributed by atoms with Gasteiger partial charge in [0.1, 0.15) is 5.75 Å². The summed E-state index contributed by atoms with van der Waals surface area (Å²) in [6, 6.07) is 3.89. The van der Waals surface area contributed by atoms with Gasteiger partial charge >= 0.3 is 0 Å². The van der Waals surface area contributed by atoms with Gasteiger partial charge in [0.25, 0.3) is 0 Å². The lowest BCUT2D eigenvalue weighted by Crippen LogP contribution is -2.30. The minimum atomic E-state index is -0.187. The summed E-state index contributed by atoms with van der Waals surface area (Å²) in [7, 11) is 1.67. The molecule has 3 N–H and O–H groups in total. The van der Waals surface area contributed by atoms with Gasteiger partial charge in [0.05, 0.1) is 30.7 Å². The van der Waals surface area contributed by atoms with Crippen LogP contribution in [0.5, 0.6) is 5.75 Å². The van der Waals surface area contributed by atoms with E-state index in [1.54, 1.807) is 19.5 Å². The highest BCUT2D eigenvalue weighted by molar-refractivity contribution is 5.44. The average Bonchev–Trinajstić information content (AvgIpc) is 2.45. The molecule has 0 spiro atoms. The maximum atomic E-state index is 5.72. The molecule has 5 nitrogen and oxygen atoms in total. The summed E-state index contributed by atoms with van der Waals surface area (Å²) >= 11 is 0. The van der Waals surface area contributed by atoms with E-state index in [2.05, 4.69) is 21.5 Å². The molecule has 1 atom stereocenters. The molecule has 0 aliphatic carbocycles. The van der Waals surface area contributed by atoms with Crippen molar-refractivity contribution in [2.75, 3.05) is 7.11 Å². The maximum Gasteiger partial charge on any atom is 0.122 e. The molecule has 1 aromatic carbocycles. The van der Waals surface area contributed by atoms with Crippen molar-refractivity contribution >= 4 is 0 Å². The van der Waals surface area contributed by atoms with E-state index in [-0.39, 0.29) is 6.04 Å². The summed E-state index contributed by atoms with van der Waals surface area (Å²) in [5.41, 5.74) is 7.73. The Hall–Kier alpha value is -1.98. The number of benzene rings is 1. The van der Waals surface area contributed by atoms with Crippen molar-refractivity contribution in [3.63, 3.8) is 0 Å². The fourth-order valence-corrected chi connectivity index (χ4v) is 2.23. The highest BCUT2D eigenvalue weighted by Crippen LogP contribution is 2.28. The lowest BCUT2D eigenvalue weighted by molar-refractivity contribution is 0.411. The summed E-state index contributed by atoms with van der Waals surface area (Å²) in [6.07, 6.45) is 3.49. The zero-order valence-corrected chi connectivity index (χ0v) is 12.3. The standard InChI is InChI=1S/C15H20N4O/c1-9-6-14(20-4)10(2)5-12(9)15(19-16)13-8-17-11(3)7-18-13/h5-8,15,19H,16H2,1-4H3. The van der Waals surface area contributed by atoms with Crippen molar-refractivity contribution in [2.45, 2.75) is 26.8 Å². The van der Waals surface area contributed by atoms with Crippen LogP contribution in [-0.2, 0) is 0 Å². The third-order valence-electron chi connectivity index (χ3n) is 3.36. The van der Waals surface area contributed by atoms with Crippen LogP contribution in [0.3, 0.4) is 0 Å². The number of aryl methyl sites for hydroxylation is 3. The number of methoxy groups -OCH3 is 1. The van der Waals surface area contributed by atoms with Gasteiger partial charge in [0.2, 0.25) is 0 Å². The van der Waals surface area contributed by atoms with Crippen LogP contribution in [0.15, 0.2) is 24.5 Å². The van der Waals surface area contributed by atoms with Crippen molar-refractivity contribution in [2.24, 2.45) is 5.84 Å². The van der Waals surface area contributed by atoms with Crippen LogP contribution in [0.2, 0.25) is 0 Å². The van der Waals surface area contributed by atoms with Gasteiger partial charge in [-0.3, -0.25) is 15.8 Å². The fourth-order valence-electron chi connectivity index (χ4n) is 2.23. The molecule has 1 aromatic heterocycles. The van der Waals surface area contributed by atoms with E-state index in [1.807, 2.05) is 26.8 Å². The number of ether oxygens (including phenoxy) is 1. The van der Waals surface area contributed by atoms with Crippen LogP contribution in [0.4, 0.5) is 0 Å². The van der Waals surface area contributed by atoms with Crippen LogP contribution in [0, 0.1) is 20.8 Å². The van der Waals surface area contributed by atoms with Crippen LogP contribution < -0.4 is 16.0 Å². The first-order valence-electron chi connectivity index (χ1n) is 6.46. The van der Waals surface area contributed by atoms with Crippen molar-refractivity contribution < 1.29 is 4.74 Å². The Bertz CT molecular complexity index is 596. The number of hydrogen-bond acceptors (Lipinski definition) is 5. The molecular formula is C15H20N4O. The van der Waals surface area contributed by atoms with E-state index in [1.165, 1.54) is 0 Å². The molecule has 2 rings (SSSR count). The zero-order chi connectivity index (χ0) is 14.7. The number of nitrogens with one attached hydrogen (secondary N) is 1. The van der Waals surface area contributed by atoms with E-state index in [4.69, 9.17) is 10.6 Å². The van der Waals surface area contributed by atoms with Gasteiger partial charge in [-0.25, -0.2) is 5.43 Å². The summed E-state index contributed by atoms with van der Waals surface area (Å²) < 4.78 is 5.34. The number of hydrazine groups is 1. The molecule has 1 unspecified atom stereocenters. The topological polar surface area (TPSA) is 73.1 Å². The number of aromatic nitrogens is 2. The van der Waals surface area contributed by atoms with Crippen LogP contribution in [0.1, 0.15) is 34.1 Å². The number of nitrogens with zero attached hydrogens (tertiary/aromatic N) is 2. The Labute approximate surface area is 119 Å². The van der Waals surface area contributed by atoms with E-state index in [9.17, 15) is 0 Å². The lowest BCUT2D eigenvalue weighted by atomic mass is 9.96. The molecule has 0 fully saturated rings. The molecule has 2 aromatic rings. The van der Waals surface area contributed by atoms with Crippen LogP contribution >= 0.6 is 0 Å². The molecule has 20 heavy (non-hydrogen) atoms. The second-order valence-electron chi connectivity index (χ2n) is 4.86. The highest BCUT2D eigenvalue weighted by Gasteiger charge is 2.18. The average molecular weight is 272 g/mol. The van der Waals surface area contributed by atoms with Gasteiger partial charge in [-0.2, -0.15) is 0 Å². The molecule has 5 heteroatoms.